The van der Waals surface area contributed by atoms with Gasteiger partial charge in [0, 0.05) is 11.6 Å². The monoisotopic (exact) mass is 488 g/mol. The number of nitrogens with one attached hydrogen (secondary N) is 1. The van der Waals surface area contributed by atoms with Crippen LogP contribution in [0.15, 0.2) is 78.6 Å². The van der Waals surface area contributed by atoms with Crippen LogP contribution in [0.25, 0.3) is 6.08 Å². The van der Waals surface area contributed by atoms with Crippen molar-refractivity contribution in [1.82, 2.24) is 5.32 Å². The first-order valence-electron chi connectivity index (χ1n) is 11.6. The van der Waals surface area contributed by atoms with Gasteiger partial charge in [-0.1, -0.05) is 80.9 Å². The third-order valence-corrected chi connectivity index (χ3v) is 6.09. The molecular formula is C29H29ClN2O3. The Balaban J connectivity index is 1.59. The average Bonchev–Trinajstić information content (AvgIpc) is 2.83. The molecule has 1 aliphatic heterocycles. The van der Waals surface area contributed by atoms with Crippen LogP contribution in [0.5, 0.6) is 5.75 Å². The van der Waals surface area contributed by atoms with E-state index in [2.05, 4.69) is 26.1 Å². The van der Waals surface area contributed by atoms with Crippen LogP contribution in [-0.2, 0) is 21.4 Å². The molecule has 1 N–H and O–H groups in total. The maximum atomic E-state index is 13.5. The Labute approximate surface area is 211 Å². The molecule has 35 heavy (non-hydrogen) atoms. The Morgan fingerprint density at radius 2 is 1.74 bits per heavy atom. The zero-order valence-electron chi connectivity index (χ0n) is 20.2. The van der Waals surface area contributed by atoms with E-state index in [-0.39, 0.29) is 29.5 Å². The molecule has 0 radical (unpaired) electrons. The molecule has 0 atom stereocenters. The first-order chi connectivity index (χ1) is 16.7. The van der Waals surface area contributed by atoms with Gasteiger partial charge in [0.15, 0.2) is 11.5 Å². The normalized spacial score (nSPS) is 14.5. The van der Waals surface area contributed by atoms with Gasteiger partial charge in [0.05, 0.1) is 5.69 Å². The SMILES string of the molecule is CC(C)(C)c1ccc2c(c1)N(CC(=O)NCCc1ccccc1)C(=O)/C(=C\c1ccc(Cl)cc1)O2. The van der Waals surface area contributed by atoms with Gasteiger partial charge in [-0.15, -0.1) is 0 Å². The Morgan fingerprint density at radius 3 is 2.43 bits per heavy atom. The number of hydrogen-bond donors (Lipinski definition) is 1. The first kappa shape index (κ1) is 24.6. The molecule has 2 amide bonds. The molecule has 1 aliphatic rings. The molecule has 4 rings (SSSR count). The number of halogens is 1. The fraction of sp³-hybridized carbons (Fsp3) is 0.241. The van der Waals surface area contributed by atoms with Gasteiger partial charge < -0.3 is 10.1 Å². The summed E-state index contributed by atoms with van der Waals surface area (Å²) in [6, 6.07) is 22.9. The lowest BCUT2D eigenvalue weighted by molar-refractivity contribution is -0.123. The van der Waals surface area contributed by atoms with E-state index in [1.165, 1.54) is 4.90 Å². The quantitative estimate of drug-likeness (QED) is 0.448. The van der Waals surface area contributed by atoms with Crippen molar-refractivity contribution in [3.05, 3.63) is 100 Å². The summed E-state index contributed by atoms with van der Waals surface area (Å²) < 4.78 is 6.00. The van der Waals surface area contributed by atoms with Crippen molar-refractivity contribution in [2.75, 3.05) is 18.0 Å². The van der Waals surface area contributed by atoms with Crippen LogP contribution in [-0.4, -0.2) is 24.9 Å². The van der Waals surface area contributed by atoms with E-state index in [9.17, 15) is 9.59 Å². The van der Waals surface area contributed by atoms with Gasteiger partial charge in [-0.2, -0.15) is 0 Å². The molecule has 0 saturated carbocycles. The molecule has 0 spiro atoms. The smallest absolute Gasteiger partial charge is 0.294 e. The van der Waals surface area contributed by atoms with E-state index >= 15 is 0 Å². The van der Waals surface area contributed by atoms with Gasteiger partial charge in [0.25, 0.3) is 5.91 Å². The summed E-state index contributed by atoms with van der Waals surface area (Å²) in [6.07, 6.45) is 2.38. The molecule has 0 fully saturated rings. The van der Waals surface area contributed by atoms with Crippen molar-refractivity contribution in [2.24, 2.45) is 0 Å². The van der Waals surface area contributed by atoms with Crippen LogP contribution in [0.3, 0.4) is 0 Å². The number of rotatable bonds is 6. The minimum atomic E-state index is -0.364. The van der Waals surface area contributed by atoms with Crippen LogP contribution in [0.1, 0.15) is 37.5 Å². The van der Waals surface area contributed by atoms with Crippen molar-refractivity contribution in [3.8, 4) is 5.75 Å². The zero-order valence-corrected chi connectivity index (χ0v) is 20.9. The van der Waals surface area contributed by atoms with Gasteiger partial charge in [-0.05, 0) is 58.9 Å². The van der Waals surface area contributed by atoms with Gasteiger partial charge in [-0.3, -0.25) is 14.5 Å². The lowest BCUT2D eigenvalue weighted by atomic mass is 9.86. The number of nitrogens with zero attached hydrogens (tertiary/aromatic N) is 1. The Morgan fingerprint density at radius 1 is 1.03 bits per heavy atom. The van der Waals surface area contributed by atoms with Crippen LogP contribution < -0.4 is 15.0 Å². The zero-order chi connectivity index (χ0) is 25.0. The highest BCUT2D eigenvalue weighted by Crippen LogP contribution is 2.39. The minimum Gasteiger partial charge on any atom is -0.449 e. The summed E-state index contributed by atoms with van der Waals surface area (Å²) in [4.78, 5) is 27.8. The molecule has 0 aliphatic carbocycles. The maximum Gasteiger partial charge on any atom is 0.294 e. The molecular weight excluding hydrogens is 460 g/mol. The standard InChI is InChI=1S/C29H29ClN2O3/c1-29(2,3)22-11-14-25-24(18-22)32(19-27(33)31-16-15-20-7-5-4-6-8-20)28(34)26(35-25)17-21-9-12-23(30)13-10-21/h4-14,17-18H,15-16,19H2,1-3H3,(H,31,33)/b26-17+. The molecule has 3 aromatic carbocycles. The van der Waals surface area contributed by atoms with Crippen molar-refractivity contribution < 1.29 is 14.3 Å². The lowest BCUT2D eigenvalue weighted by Gasteiger charge is -2.32. The van der Waals surface area contributed by atoms with E-state index < -0.39 is 0 Å². The fourth-order valence-corrected chi connectivity index (χ4v) is 3.96. The second-order valence-corrected chi connectivity index (χ2v) is 10.0. The number of ether oxygens (including phenoxy) is 1. The van der Waals surface area contributed by atoms with E-state index in [1.54, 1.807) is 18.2 Å². The predicted molar refractivity (Wildman–Crippen MR) is 141 cm³/mol. The summed E-state index contributed by atoms with van der Waals surface area (Å²) in [5, 5.41) is 3.55. The number of carbonyl (C=O) groups excluding carboxylic acids is 2. The van der Waals surface area contributed by atoms with E-state index in [0.717, 1.165) is 23.1 Å². The Bertz CT molecular complexity index is 1250. The van der Waals surface area contributed by atoms with Gasteiger partial charge in [0.1, 0.15) is 6.54 Å². The molecule has 5 nitrogen and oxygen atoms in total. The van der Waals surface area contributed by atoms with Gasteiger partial charge in [0.2, 0.25) is 5.91 Å². The highest BCUT2D eigenvalue weighted by Gasteiger charge is 2.33. The van der Waals surface area contributed by atoms with Crippen LogP contribution in [0, 0.1) is 0 Å². The predicted octanol–water partition coefficient (Wildman–Crippen LogP) is 5.76. The third kappa shape index (κ3) is 6.11. The van der Waals surface area contributed by atoms with Gasteiger partial charge >= 0.3 is 0 Å². The van der Waals surface area contributed by atoms with Crippen LogP contribution >= 0.6 is 11.6 Å². The van der Waals surface area contributed by atoms with Crippen molar-refractivity contribution in [2.45, 2.75) is 32.6 Å². The highest BCUT2D eigenvalue weighted by atomic mass is 35.5. The highest BCUT2D eigenvalue weighted by molar-refractivity contribution is 6.30. The summed E-state index contributed by atoms with van der Waals surface area (Å²) in [5.41, 5.74) is 3.44. The fourth-order valence-electron chi connectivity index (χ4n) is 3.83. The van der Waals surface area contributed by atoms with Crippen molar-refractivity contribution in [1.29, 1.82) is 0 Å². The Hall–Kier alpha value is -3.57. The topological polar surface area (TPSA) is 58.6 Å². The number of hydrogen-bond acceptors (Lipinski definition) is 3. The molecule has 0 saturated heterocycles. The Kier molecular flexibility index (Phi) is 7.27. The lowest BCUT2D eigenvalue weighted by Crippen LogP contribution is -2.44. The molecule has 6 heteroatoms. The van der Waals surface area contributed by atoms with Crippen LogP contribution in [0.4, 0.5) is 5.69 Å². The third-order valence-electron chi connectivity index (χ3n) is 5.84. The van der Waals surface area contributed by atoms with E-state index in [4.69, 9.17) is 16.3 Å². The largest absolute Gasteiger partial charge is 0.449 e. The number of fused-ring (bicyclic) bond motifs is 1. The molecule has 0 bridgehead atoms. The number of amides is 2. The van der Waals surface area contributed by atoms with Crippen molar-refractivity contribution in [3.63, 3.8) is 0 Å². The minimum absolute atomic E-state index is 0.102. The van der Waals surface area contributed by atoms with Crippen LogP contribution in [0.2, 0.25) is 5.02 Å². The summed E-state index contributed by atoms with van der Waals surface area (Å²) in [7, 11) is 0. The first-order valence-corrected chi connectivity index (χ1v) is 12.0. The van der Waals surface area contributed by atoms with E-state index in [0.29, 0.717) is 23.0 Å². The molecule has 0 aromatic heterocycles. The number of anilines is 1. The molecule has 180 valence electrons. The molecule has 3 aromatic rings. The summed E-state index contributed by atoms with van der Waals surface area (Å²) in [6.45, 7) is 6.70. The second-order valence-electron chi connectivity index (χ2n) is 9.57. The average molecular weight is 489 g/mol. The summed E-state index contributed by atoms with van der Waals surface area (Å²) >= 11 is 5.99. The molecule has 0 unspecified atom stereocenters. The maximum absolute atomic E-state index is 13.5. The van der Waals surface area contributed by atoms with Gasteiger partial charge in [-0.25, -0.2) is 0 Å². The number of carbonyl (C=O) groups is 2. The van der Waals surface area contributed by atoms with Crippen molar-refractivity contribution >= 4 is 35.2 Å². The van der Waals surface area contributed by atoms with E-state index in [1.807, 2.05) is 60.7 Å². The summed E-state index contributed by atoms with van der Waals surface area (Å²) in [5.74, 6) is 0.0983. The second kappa shape index (κ2) is 10.4. The number of benzene rings is 3. The molecule has 1 heterocycles.